The Balaban J connectivity index is 1.78. The lowest BCUT2D eigenvalue weighted by Gasteiger charge is -2.14. The molecule has 5 heteroatoms. The minimum absolute atomic E-state index is 0.0420. The topological polar surface area (TPSA) is 29.5 Å². The Morgan fingerprint density at radius 3 is 2.48 bits per heavy atom. The van der Waals surface area contributed by atoms with Crippen molar-refractivity contribution in [3.05, 3.63) is 70.6 Å². The number of rotatable bonds is 4. The van der Waals surface area contributed by atoms with Gasteiger partial charge in [0.05, 0.1) is 18.6 Å². The summed E-state index contributed by atoms with van der Waals surface area (Å²) in [6.45, 7) is 0.505. The van der Waals surface area contributed by atoms with Gasteiger partial charge in [-0.05, 0) is 29.3 Å². The Morgan fingerprint density at radius 2 is 1.83 bits per heavy atom. The van der Waals surface area contributed by atoms with Crippen LogP contribution < -0.4 is 4.74 Å². The van der Waals surface area contributed by atoms with Gasteiger partial charge in [-0.15, -0.1) is 0 Å². The van der Waals surface area contributed by atoms with Crippen molar-refractivity contribution in [1.29, 1.82) is 0 Å². The van der Waals surface area contributed by atoms with E-state index >= 15 is 0 Å². The summed E-state index contributed by atoms with van der Waals surface area (Å²) in [5.41, 5.74) is 2.01. The molecule has 3 nitrogen and oxygen atoms in total. The molecule has 1 heterocycles. The van der Waals surface area contributed by atoms with Gasteiger partial charge in [-0.3, -0.25) is 9.69 Å². The number of methoxy groups -OCH3 is 1. The van der Waals surface area contributed by atoms with Gasteiger partial charge in [-0.1, -0.05) is 66.4 Å². The fraction of sp³-hybridized carbons (Fsp3) is 0.111. The first-order valence-electron chi connectivity index (χ1n) is 7.11. The molecule has 0 aliphatic carbocycles. The summed E-state index contributed by atoms with van der Waals surface area (Å²) >= 11 is 6.70. The standard InChI is InChI=1S/C18H15NO2S2/c1-21-15-9-7-13(8-10-15)11-16-17(20)19(18(22)23-16)12-14-5-3-2-4-6-14/h2-11H,12H2,1H3. The quantitative estimate of drug-likeness (QED) is 0.619. The Hall–Kier alpha value is -2.11. The van der Waals surface area contributed by atoms with Crippen LogP contribution in [0.2, 0.25) is 0 Å². The highest BCUT2D eigenvalue weighted by atomic mass is 32.2. The van der Waals surface area contributed by atoms with E-state index in [1.165, 1.54) is 11.8 Å². The molecule has 0 saturated carbocycles. The van der Waals surface area contributed by atoms with Gasteiger partial charge in [0.25, 0.3) is 5.91 Å². The van der Waals surface area contributed by atoms with Gasteiger partial charge in [0.1, 0.15) is 10.1 Å². The van der Waals surface area contributed by atoms with Gasteiger partial charge in [0, 0.05) is 0 Å². The molecule has 3 rings (SSSR count). The number of thioether (sulfide) groups is 1. The van der Waals surface area contributed by atoms with Crippen LogP contribution in [0.4, 0.5) is 0 Å². The van der Waals surface area contributed by atoms with Crippen molar-refractivity contribution in [3.8, 4) is 5.75 Å². The second-order valence-electron chi connectivity index (χ2n) is 5.03. The van der Waals surface area contributed by atoms with Crippen LogP contribution in [0.5, 0.6) is 5.75 Å². The molecule has 116 valence electrons. The fourth-order valence-corrected chi connectivity index (χ4v) is 3.51. The summed E-state index contributed by atoms with van der Waals surface area (Å²) in [5.74, 6) is 0.749. The third kappa shape index (κ3) is 3.63. The summed E-state index contributed by atoms with van der Waals surface area (Å²) in [6, 6.07) is 17.4. The molecule has 0 unspecified atom stereocenters. The molecular weight excluding hydrogens is 326 g/mol. The van der Waals surface area contributed by atoms with Gasteiger partial charge < -0.3 is 4.74 Å². The van der Waals surface area contributed by atoms with Gasteiger partial charge in [-0.25, -0.2) is 0 Å². The smallest absolute Gasteiger partial charge is 0.266 e. The molecule has 1 aliphatic heterocycles. The summed E-state index contributed by atoms with van der Waals surface area (Å²) < 4.78 is 5.73. The molecule has 0 bridgehead atoms. The van der Waals surface area contributed by atoms with E-state index in [9.17, 15) is 4.79 Å². The monoisotopic (exact) mass is 341 g/mol. The molecule has 1 aliphatic rings. The predicted molar refractivity (Wildman–Crippen MR) is 98.2 cm³/mol. The number of nitrogens with zero attached hydrogens (tertiary/aromatic N) is 1. The van der Waals surface area contributed by atoms with Crippen LogP contribution in [0.3, 0.4) is 0 Å². The normalized spacial score (nSPS) is 16.2. The molecule has 0 spiro atoms. The minimum Gasteiger partial charge on any atom is -0.497 e. The van der Waals surface area contributed by atoms with Crippen molar-refractivity contribution in [2.75, 3.05) is 7.11 Å². The minimum atomic E-state index is -0.0420. The van der Waals surface area contributed by atoms with Crippen LogP contribution in [0.1, 0.15) is 11.1 Å². The molecule has 0 aromatic heterocycles. The number of ether oxygens (including phenoxy) is 1. The van der Waals surface area contributed by atoms with E-state index in [0.29, 0.717) is 15.8 Å². The molecule has 23 heavy (non-hydrogen) atoms. The molecular formula is C18H15NO2S2. The van der Waals surface area contributed by atoms with E-state index in [-0.39, 0.29) is 5.91 Å². The zero-order valence-corrected chi connectivity index (χ0v) is 14.2. The van der Waals surface area contributed by atoms with Crippen molar-refractivity contribution in [2.24, 2.45) is 0 Å². The van der Waals surface area contributed by atoms with Crippen LogP contribution in [0, 0.1) is 0 Å². The lowest BCUT2D eigenvalue weighted by Crippen LogP contribution is -2.27. The Morgan fingerprint density at radius 1 is 1.13 bits per heavy atom. The zero-order valence-electron chi connectivity index (χ0n) is 12.6. The van der Waals surface area contributed by atoms with E-state index in [0.717, 1.165) is 16.9 Å². The van der Waals surface area contributed by atoms with Gasteiger partial charge in [-0.2, -0.15) is 0 Å². The van der Waals surface area contributed by atoms with Crippen LogP contribution in [-0.4, -0.2) is 22.2 Å². The summed E-state index contributed by atoms with van der Waals surface area (Å²) in [4.78, 5) is 14.9. The van der Waals surface area contributed by atoms with Gasteiger partial charge in [0.2, 0.25) is 0 Å². The molecule has 1 amide bonds. The number of carbonyl (C=O) groups excluding carboxylic acids is 1. The summed E-state index contributed by atoms with van der Waals surface area (Å²) in [7, 11) is 1.63. The van der Waals surface area contributed by atoms with Crippen LogP contribution in [0.25, 0.3) is 6.08 Å². The third-order valence-corrected chi connectivity index (χ3v) is 4.85. The van der Waals surface area contributed by atoms with Crippen LogP contribution >= 0.6 is 24.0 Å². The molecule has 2 aromatic rings. The van der Waals surface area contributed by atoms with E-state index in [4.69, 9.17) is 17.0 Å². The van der Waals surface area contributed by atoms with Crippen molar-refractivity contribution in [3.63, 3.8) is 0 Å². The average molecular weight is 341 g/mol. The molecule has 0 atom stereocenters. The second-order valence-corrected chi connectivity index (χ2v) is 6.70. The number of benzene rings is 2. The second kappa shape index (κ2) is 6.98. The highest BCUT2D eigenvalue weighted by Crippen LogP contribution is 2.33. The molecule has 0 N–H and O–H groups in total. The first-order valence-corrected chi connectivity index (χ1v) is 8.33. The van der Waals surface area contributed by atoms with Crippen molar-refractivity contribution in [1.82, 2.24) is 4.90 Å². The van der Waals surface area contributed by atoms with Crippen molar-refractivity contribution >= 4 is 40.3 Å². The predicted octanol–water partition coefficient (Wildman–Crippen LogP) is 4.10. The Labute approximate surface area is 144 Å². The largest absolute Gasteiger partial charge is 0.497 e. The number of hydrogen-bond acceptors (Lipinski definition) is 4. The number of thiocarbonyl (C=S) groups is 1. The third-order valence-electron chi connectivity index (χ3n) is 3.47. The Bertz CT molecular complexity index is 754. The van der Waals surface area contributed by atoms with E-state index in [2.05, 4.69) is 0 Å². The fourth-order valence-electron chi connectivity index (χ4n) is 2.25. The highest BCUT2D eigenvalue weighted by molar-refractivity contribution is 8.26. The Kier molecular flexibility index (Phi) is 4.79. The molecule has 0 radical (unpaired) electrons. The number of amides is 1. The maximum atomic E-state index is 12.6. The van der Waals surface area contributed by atoms with Crippen LogP contribution in [0.15, 0.2) is 59.5 Å². The summed E-state index contributed by atoms with van der Waals surface area (Å²) in [6.07, 6.45) is 1.86. The van der Waals surface area contributed by atoms with E-state index in [1.807, 2.05) is 60.7 Å². The average Bonchev–Trinajstić information content (AvgIpc) is 2.84. The highest BCUT2D eigenvalue weighted by Gasteiger charge is 2.31. The molecule has 1 saturated heterocycles. The lowest BCUT2D eigenvalue weighted by atomic mass is 10.2. The first-order chi connectivity index (χ1) is 11.2. The zero-order chi connectivity index (χ0) is 16.2. The maximum absolute atomic E-state index is 12.6. The molecule has 2 aromatic carbocycles. The number of hydrogen-bond donors (Lipinski definition) is 0. The van der Waals surface area contributed by atoms with E-state index in [1.54, 1.807) is 12.0 Å². The van der Waals surface area contributed by atoms with Crippen molar-refractivity contribution in [2.45, 2.75) is 6.54 Å². The van der Waals surface area contributed by atoms with Gasteiger partial charge >= 0.3 is 0 Å². The first kappa shape index (κ1) is 15.8. The lowest BCUT2D eigenvalue weighted by molar-refractivity contribution is -0.122. The van der Waals surface area contributed by atoms with E-state index < -0.39 is 0 Å². The summed E-state index contributed by atoms with van der Waals surface area (Å²) in [5, 5.41) is 0. The maximum Gasteiger partial charge on any atom is 0.266 e. The SMILES string of the molecule is COc1ccc(C=C2SC(=S)N(Cc3ccccc3)C2=O)cc1. The number of carbonyl (C=O) groups is 1. The van der Waals surface area contributed by atoms with Crippen LogP contribution in [-0.2, 0) is 11.3 Å². The van der Waals surface area contributed by atoms with Crippen molar-refractivity contribution < 1.29 is 9.53 Å². The molecule has 1 fully saturated rings. The van der Waals surface area contributed by atoms with Gasteiger partial charge in [0.15, 0.2) is 0 Å².